The molecule has 1 rings (SSSR count). The lowest BCUT2D eigenvalue weighted by molar-refractivity contribution is 0.112. The molecule has 0 amide bonds. The molecule has 0 unspecified atom stereocenters. The molecule has 0 bridgehead atoms. The Hall–Kier alpha value is -2.12. The molecule has 4 nitrogen and oxygen atoms in total. The topological polar surface area (TPSA) is 79.0 Å². The zero-order chi connectivity index (χ0) is 17.5. The van der Waals surface area contributed by atoms with Crippen LogP contribution in [0.25, 0.3) is 0 Å². The number of carbonyl (C=O) groups is 1. The van der Waals surface area contributed by atoms with Gasteiger partial charge in [-0.05, 0) is 32.9 Å². The monoisotopic (exact) mass is 315 g/mol. The molecule has 0 radical (unpaired) electrons. The molecule has 0 atom stereocenters. The van der Waals surface area contributed by atoms with Gasteiger partial charge < -0.3 is 16.5 Å². The van der Waals surface area contributed by atoms with Gasteiger partial charge in [0.05, 0.1) is 0 Å². The van der Waals surface area contributed by atoms with E-state index in [1.165, 1.54) is 26.3 Å². The van der Waals surface area contributed by atoms with Crippen molar-refractivity contribution in [3.63, 3.8) is 0 Å². The molecule has 0 saturated carbocycles. The van der Waals surface area contributed by atoms with E-state index in [1.54, 1.807) is 13.0 Å². The van der Waals surface area contributed by atoms with Gasteiger partial charge >= 0.3 is 0 Å². The number of hydrogen-bond acceptors (Lipinski definition) is 4. The molecule has 0 saturated heterocycles. The first-order chi connectivity index (χ1) is 11.2. The van der Waals surface area contributed by atoms with E-state index in [2.05, 4.69) is 17.0 Å². The fourth-order valence-corrected chi connectivity index (χ4v) is 2.21. The molecule has 23 heavy (non-hydrogen) atoms. The Morgan fingerprint density at radius 3 is 2.52 bits per heavy atom. The van der Waals surface area contributed by atoms with E-state index in [1.807, 2.05) is 12.1 Å². The first-order valence-corrected chi connectivity index (χ1v) is 8.09. The van der Waals surface area contributed by atoms with Gasteiger partial charge in [0.1, 0.15) is 6.29 Å². The van der Waals surface area contributed by atoms with E-state index in [-0.39, 0.29) is 0 Å². The van der Waals surface area contributed by atoms with Crippen molar-refractivity contribution in [1.29, 1.82) is 5.41 Å². The highest BCUT2D eigenvalue weighted by atomic mass is 16.1. The molecule has 0 aliphatic carbocycles. The van der Waals surface area contributed by atoms with Crippen molar-refractivity contribution in [2.24, 2.45) is 5.73 Å². The predicted octanol–water partition coefficient (Wildman–Crippen LogP) is 3.85. The maximum atomic E-state index is 10.8. The Morgan fingerprint density at radius 1 is 1.26 bits per heavy atom. The minimum absolute atomic E-state index is 0.504. The average molecular weight is 315 g/mol. The van der Waals surface area contributed by atoms with Gasteiger partial charge in [-0.1, -0.05) is 31.4 Å². The first-order valence-electron chi connectivity index (χ1n) is 8.09. The van der Waals surface area contributed by atoms with E-state index in [0.717, 1.165) is 43.3 Å². The Bertz CT molecular complexity index is 518. The van der Waals surface area contributed by atoms with Gasteiger partial charge in [0.25, 0.3) is 0 Å². The SMILES string of the molecule is C#CCCCCCCCNc1cc(C=O)ccc1C(C)=N.CN. The first kappa shape index (κ1) is 20.9. The number of anilines is 1. The number of nitrogens with one attached hydrogen (secondary N) is 2. The van der Waals surface area contributed by atoms with Gasteiger partial charge in [-0.2, -0.15) is 0 Å². The van der Waals surface area contributed by atoms with E-state index in [9.17, 15) is 4.79 Å². The smallest absolute Gasteiger partial charge is 0.150 e. The van der Waals surface area contributed by atoms with Crippen molar-refractivity contribution >= 4 is 17.7 Å². The molecular formula is C19H29N3O. The number of aldehydes is 1. The minimum Gasteiger partial charge on any atom is -0.384 e. The average Bonchev–Trinajstić information content (AvgIpc) is 2.58. The second-order valence-electron chi connectivity index (χ2n) is 5.20. The molecule has 0 heterocycles. The Kier molecular flexibility index (Phi) is 12.3. The van der Waals surface area contributed by atoms with Gasteiger partial charge in [-0.25, -0.2) is 0 Å². The van der Waals surface area contributed by atoms with Crippen LogP contribution in [0.1, 0.15) is 61.4 Å². The standard InChI is InChI=1S/C18H24N2O.CH5N/c1-3-4-5-6-7-8-9-12-20-18-13-16(14-21)10-11-17(18)15(2)19;1-2/h1,10-11,13-14,19-20H,4-9,12H2,2H3;2H2,1H3. The summed E-state index contributed by atoms with van der Waals surface area (Å²) in [7, 11) is 1.50. The number of nitrogens with two attached hydrogens (primary N) is 1. The van der Waals surface area contributed by atoms with E-state index in [0.29, 0.717) is 11.3 Å². The maximum Gasteiger partial charge on any atom is 0.150 e. The number of carbonyl (C=O) groups excluding carboxylic acids is 1. The summed E-state index contributed by atoms with van der Waals surface area (Å²) in [5.74, 6) is 2.66. The van der Waals surface area contributed by atoms with Crippen LogP contribution in [0, 0.1) is 17.8 Å². The lowest BCUT2D eigenvalue weighted by Crippen LogP contribution is -2.07. The van der Waals surface area contributed by atoms with Crippen LogP contribution in [-0.2, 0) is 0 Å². The van der Waals surface area contributed by atoms with Crippen molar-refractivity contribution in [2.75, 3.05) is 18.9 Å². The lowest BCUT2D eigenvalue weighted by atomic mass is 10.1. The third-order valence-electron chi connectivity index (χ3n) is 3.40. The highest BCUT2D eigenvalue weighted by Gasteiger charge is 2.05. The number of terminal acetylenes is 1. The lowest BCUT2D eigenvalue weighted by Gasteiger charge is -2.12. The zero-order valence-corrected chi connectivity index (χ0v) is 14.3. The summed E-state index contributed by atoms with van der Waals surface area (Å²) < 4.78 is 0. The largest absolute Gasteiger partial charge is 0.384 e. The van der Waals surface area contributed by atoms with Gasteiger partial charge in [-0.15, -0.1) is 12.3 Å². The number of unbranched alkanes of at least 4 members (excludes halogenated alkanes) is 5. The van der Waals surface area contributed by atoms with Crippen LogP contribution >= 0.6 is 0 Å². The molecular weight excluding hydrogens is 286 g/mol. The molecule has 1 aromatic rings. The molecule has 1 aromatic carbocycles. The highest BCUT2D eigenvalue weighted by molar-refractivity contribution is 6.02. The van der Waals surface area contributed by atoms with Crippen LogP contribution in [0.3, 0.4) is 0 Å². The summed E-state index contributed by atoms with van der Waals surface area (Å²) in [5, 5.41) is 11.1. The molecule has 4 N–H and O–H groups in total. The van der Waals surface area contributed by atoms with Crippen molar-refractivity contribution < 1.29 is 4.79 Å². The van der Waals surface area contributed by atoms with E-state index < -0.39 is 0 Å². The van der Waals surface area contributed by atoms with Crippen molar-refractivity contribution in [3.05, 3.63) is 29.3 Å². The Labute approximate surface area is 140 Å². The zero-order valence-electron chi connectivity index (χ0n) is 14.3. The van der Waals surface area contributed by atoms with Crippen LogP contribution in [0.2, 0.25) is 0 Å². The van der Waals surface area contributed by atoms with Crippen LogP contribution in [0.4, 0.5) is 5.69 Å². The maximum absolute atomic E-state index is 10.8. The van der Waals surface area contributed by atoms with Gasteiger partial charge in [-0.3, -0.25) is 4.79 Å². The molecule has 126 valence electrons. The number of rotatable bonds is 10. The number of hydrogen-bond donors (Lipinski definition) is 3. The van der Waals surface area contributed by atoms with Crippen LogP contribution in [0.15, 0.2) is 18.2 Å². The van der Waals surface area contributed by atoms with E-state index in [4.69, 9.17) is 11.8 Å². The summed E-state index contributed by atoms with van der Waals surface area (Å²) in [5.41, 5.74) is 7.37. The van der Waals surface area contributed by atoms with Crippen LogP contribution < -0.4 is 11.1 Å². The summed E-state index contributed by atoms with van der Waals surface area (Å²) in [6.07, 6.45) is 12.7. The predicted molar refractivity (Wildman–Crippen MR) is 99.5 cm³/mol. The second kappa shape index (κ2) is 13.5. The van der Waals surface area contributed by atoms with Crippen molar-refractivity contribution in [2.45, 2.75) is 45.4 Å². The van der Waals surface area contributed by atoms with Crippen LogP contribution in [0.5, 0.6) is 0 Å². The fraction of sp³-hybridized carbons (Fsp3) is 0.474. The molecule has 0 aliphatic rings. The highest BCUT2D eigenvalue weighted by Crippen LogP contribution is 2.18. The van der Waals surface area contributed by atoms with E-state index >= 15 is 0 Å². The Morgan fingerprint density at radius 2 is 1.91 bits per heavy atom. The Balaban J connectivity index is 0.00000232. The summed E-state index contributed by atoms with van der Waals surface area (Å²) in [6.45, 7) is 2.62. The van der Waals surface area contributed by atoms with Gasteiger partial charge in [0, 0.05) is 35.5 Å². The molecule has 0 aliphatic heterocycles. The molecule has 0 fully saturated rings. The third-order valence-corrected chi connectivity index (χ3v) is 3.40. The summed E-state index contributed by atoms with van der Waals surface area (Å²) in [4.78, 5) is 10.8. The summed E-state index contributed by atoms with van der Waals surface area (Å²) >= 11 is 0. The third kappa shape index (κ3) is 8.80. The van der Waals surface area contributed by atoms with Crippen molar-refractivity contribution in [3.8, 4) is 12.3 Å². The normalized spacial score (nSPS) is 9.30. The number of benzene rings is 1. The van der Waals surface area contributed by atoms with Gasteiger partial charge in [0.15, 0.2) is 0 Å². The molecule has 0 aromatic heterocycles. The fourth-order valence-electron chi connectivity index (χ4n) is 2.21. The summed E-state index contributed by atoms with van der Waals surface area (Å²) in [6, 6.07) is 5.39. The van der Waals surface area contributed by atoms with Crippen LogP contribution in [-0.4, -0.2) is 25.6 Å². The molecule has 0 spiro atoms. The second-order valence-corrected chi connectivity index (χ2v) is 5.20. The minimum atomic E-state index is 0.504. The van der Waals surface area contributed by atoms with Gasteiger partial charge in [0.2, 0.25) is 0 Å². The van der Waals surface area contributed by atoms with Crippen molar-refractivity contribution in [1.82, 2.24) is 0 Å². The quantitative estimate of drug-likeness (QED) is 0.265. The molecule has 4 heteroatoms.